The SMILES string of the molecule is COCC1(C(=O)O)CCCN(C(=O)c2ccc(F)cc2C)C1. The fraction of sp³-hybridized carbons (Fsp3) is 0.500. The van der Waals surface area contributed by atoms with E-state index in [0.717, 1.165) is 0 Å². The van der Waals surface area contributed by atoms with Crippen LogP contribution < -0.4 is 0 Å². The van der Waals surface area contributed by atoms with Crippen LogP contribution in [-0.4, -0.2) is 48.7 Å². The summed E-state index contributed by atoms with van der Waals surface area (Å²) in [6, 6.07) is 3.99. The fourth-order valence-corrected chi connectivity index (χ4v) is 2.97. The molecular formula is C16H20FNO4. The summed E-state index contributed by atoms with van der Waals surface area (Å²) in [5.74, 6) is -1.62. The lowest BCUT2D eigenvalue weighted by Crippen LogP contribution is -2.52. The highest BCUT2D eigenvalue weighted by molar-refractivity contribution is 5.96. The van der Waals surface area contributed by atoms with E-state index in [2.05, 4.69) is 0 Å². The van der Waals surface area contributed by atoms with Crippen LogP contribution in [0.25, 0.3) is 0 Å². The van der Waals surface area contributed by atoms with Gasteiger partial charge >= 0.3 is 5.97 Å². The molecule has 1 aliphatic heterocycles. The summed E-state index contributed by atoms with van der Waals surface area (Å²) >= 11 is 0. The fourth-order valence-electron chi connectivity index (χ4n) is 2.97. The van der Waals surface area contributed by atoms with Crippen LogP contribution in [0.5, 0.6) is 0 Å². The van der Waals surface area contributed by atoms with Crippen LogP contribution >= 0.6 is 0 Å². The molecule has 22 heavy (non-hydrogen) atoms. The lowest BCUT2D eigenvalue weighted by molar-refractivity contribution is -0.155. The van der Waals surface area contributed by atoms with Gasteiger partial charge in [-0.1, -0.05) is 0 Å². The molecular weight excluding hydrogens is 289 g/mol. The minimum Gasteiger partial charge on any atom is -0.481 e. The predicted octanol–water partition coefficient (Wildman–Crippen LogP) is 2.09. The maximum absolute atomic E-state index is 13.2. The van der Waals surface area contributed by atoms with Gasteiger partial charge in [0.1, 0.15) is 11.2 Å². The highest BCUT2D eigenvalue weighted by atomic mass is 19.1. The van der Waals surface area contributed by atoms with Crippen LogP contribution in [0.4, 0.5) is 4.39 Å². The Bertz CT molecular complexity index is 586. The van der Waals surface area contributed by atoms with Crippen LogP contribution in [0, 0.1) is 18.2 Å². The van der Waals surface area contributed by atoms with Crippen molar-refractivity contribution in [3.05, 3.63) is 35.1 Å². The second-order valence-electron chi connectivity index (χ2n) is 5.81. The van der Waals surface area contributed by atoms with E-state index in [-0.39, 0.29) is 19.1 Å². The van der Waals surface area contributed by atoms with Crippen LogP contribution in [0.15, 0.2) is 18.2 Å². The molecule has 0 saturated carbocycles. The van der Waals surface area contributed by atoms with Crippen molar-refractivity contribution in [2.75, 3.05) is 26.8 Å². The molecule has 1 aromatic carbocycles. The first kappa shape index (κ1) is 16.4. The summed E-state index contributed by atoms with van der Waals surface area (Å²) < 4.78 is 18.2. The van der Waals surface area contributed by atoms with Crippen molar-refractivity contribution in [3.63, 3.8) is 0 Å². The topological polar surface area (TPSA) is 66.8 Å². The maximum atomic E-state index is 13.2. The Kier molecular flexibility index (Phi) is 4.81. The first-order valence-electron chi connectivity index (χ1n) is 7.17. The van der Waals surface area contributed by atoms with E-state index in [1.165, 1.54) is 30.2 Å². The smallest absolute Gasteiger partial charge is 0.313 e. The number of carbonyl (C=O) groups excluding carboxylic acids is 1. The number of halogens is 1. The van der Waals surface area contributed by atoms with Crippen molar-refractivity contribution < 1.29 is 23.8 Å². The molecule has 1 amide bonds. The zero-order valence-electron chi connectivity index (χ0n) is 12.8. The summed E-state index contributed by atoms with van der Waals surface area (Å²) in [6.45, 7) is 2.33. The molecule has 1 heterocycles. The van der Waals surface area contributed by atoms with Gasteiger partial charge in [0, 0.05) is 25.8 Å². The number of piperidine rings is 1. The Hall–Kier alpha value is -1.95. The molecule has 1 fully saturated rings. The molecule has 0 bridgehead atoms. The molecule has 0 aliphatic carbocycles. The van der Waals surface area contributed by atoms with Gasteiger partial charge in [0.25, 0.3) is 5.91 Å². The van der Waals surface area contributed by atoms with Crippen LogP contribution in [-0.2, 0) is 9.53 Å². The van der Waals surface area contributed by atoms with Crippen molar-refractivity contribution in [2.24, 2.45) is 5.41 Å². The van der Waals surface area contributed by atoms with Crippen molar-refractivity contribution in [2.45, 2.75) is 19.8 Å². The number of carbonyl (C=O) groups is 2. The number of rotatable bonds is 4. The number of hydrogen-bond acceptors (Lipinski definition) is 3. The Labute approximate surface area is 128 Å². The molecule has 2 rings (SSSR count). The van der Waals surface area contributed by atoms with Gasteiger partial charge < -0.3 is 14.7 Å². The van der Waals surface area contributed by atoms with Gasteiger partial charge in [0.2, 0.25) is 0 Å². The quantitative estimate of drug-likeness (QED) is 0.925. The van der Waals surface area contributed by atoms with E-state index in [1.807, 2.05) is 0 Å². The van der Waals surface area contributed by atoms with Gasteiger partial charge in [-0.05, 0) is 43.5 Å². The van der Waals surface area contributed by atoms with Crippen molar-refractivity contribution in [3.8, 4) is 0 Å². The van der Waals surface area contributed by atoms with E-state index in [9.17, 15) is 19.1 Å². The monoisotopic (exact) mass is 309 g/mol. The van der Waals surface area contributed by atoms with E-state index in [4.69, 9.17) is 4.74 Å². The molecule has 6 heteroatoms. The molecule has 1 atom stereocenters. The van der Waals surface area contributed by atoms with E-state index in [0.29, 0.717) is 30.5 Å². The number of benzene rings is 1. The Morgan fingerprint density at radius 3 is 2.77 bits per heavy atom. The van der Waals surface area contributed by atoms with Crippen molar-refractivity contribution >= 4 is 11.9 Å². The lowest BCUT2D eigenvalue weighted by atomic mass is 9.80. The first-order valence-corrected chi connectivity index (χ1v) is 7.17. The summed E-state index contributed by atoms with van der Waals surface area (Å²) in [5.41, 5.74) is -0.125. The lowest BCUT2D eigenvalue weighted by Gasteiger charge is -2.39. The van der Waals surface area contributed by atoms with Crippen molar-refractivity contribution in [1.29, 1.82) is 0 Å². The Morgan fingerprint density at radius 2 is 2.18 bits per heavy atom. The zero-order chi connectivity index (χ0) is 16.3. The third kappa shape index (κ3) is 3.11. The average Bonchev–Trinajstić information content (AvgIpc) is 2.47. The van der Waals surface area contributed by atoms with Gasteiger partial charge in [-0.2, -0.15) is 0 Å². The number of carboxylic acids is 1. The molecule has 0 spiro atoms. The van der Waals surface area contributed by atoms with Crippen molar-refractivity contribution in [1.82, 2.24) is 4.90 Å². The second-order valence-corrected chi connectivity index (χ2v) is 5.81. The van der Waals surface area contributed by atoms with Crippen LogP contribution in [0.2, 0.25) is 0 Å². The Balaban J connectivity index is 2.24. The largest absolute Gasteiger partial charge is 0.481 e. The van der Waals surface area contributed by atoms with E-state index in [1.54, 1.807) is 6.92 Å². The van der Waals surface area contributed by atoms with Crippen LogP contribution in [0.3, 0.4) is 0 Å². The van der Waals surface area contributed by atoms with E-state index < -0.39 is 17.2 Å². The number of amides is 1. The molecule has 1 N–H and O–H groups in total. The van der Waals surface area contributed by atoms with Gasteiger partial charge in [0.05, 0.1) is 6.61 Å². The molecule has 0 aromatic heterocycles. The molecule has 0 radical (unpaired) electrons. The highest BCUT2D eigenvalue weighted by Gasteiger charge is 2.44. The number of aryl methyl sites for hydroxylation is 1. The zero-order valence-corrected chi connectivity index (χ0v) is 12.8. The minimum absolute atomic E-state index is 0.0640. The summed E-state index contributed by atoms with van der Waals surface area (Å²) in [7, 11) is 1.45. The van der Waals surface area contributed by atoms with Gasteiger partial charge in [-0.25, -0.2) is 4.39 Å². The number of aliphatic carboxylic acids is 1. The van der Waals surface area contributed by atoms with Crippen LogP contribution in [0.1, 0.15) is 28.8 Å². The minimum atomic E-state index is -1.07. The molecule has 120 valence electrons. The number of carboxylic acid groups (broad SMARTS) is 1. The maximum Gasteiger partial charge on any atom is 0.313 e. The first-order chi connectivity index (χ1) is 10.4. The van der Waals surface area contributed by atoms with Gasteiger partial charge in [0.15, 0.2) is 0 Å². The molecule has 1 saturated heterocycles. The van der Waals surface area contributed by atoms with Gasteiger partial charge in [-0.3, -0.25) is 9.59 Å². The second kappa shape index (κ2) is 6.44. The third-order valence-corrected chi connectivity index (χ3v) is 4.16. The molecule has 1 unspecified atom stereocenters. The molecule has 1 aromatic rings. The predicted molar refractivity (Wildman–Crippen MR) is 78.2 cm³/mol. The van der Waals surface area contributed by atoms with E-state index >= 15 is 0 Å². The average molecular weight is 309 g/mol. The summed E-state index contributed by atoms with van der Waals surface area (Å²) in [4.78, 5) is 25.8. The van der Waals surface area contributed by atoms with Gasteiger partial charge in [-0.15, -0.1) is 0 Å². The number of likely N-dealkylation sites (tertiary alicyclic amines) is 1. The third-order valence-electron chi connectivity index (χ3n) is 4.16. The Morgan fingerprint density at radius 1 is 1.45 bits per heavy atom. The number of nitrogens with zero attached hydrogens (tertiary/aromatic N) is 1. The molecule has 1 aliphatic rings. The summed E-state index contributed by atoms with van der Waals surface area (Å²) in [5, 5.41) is 9.51. The highest BCUT2D eigenvalue weighted by Crippen LogP contribution is 2.31. The number of methoxy groups -OCH3 is 1. The standard InChI is InChI=1S/C16H20FNO4/c1-11-8-12(17)4-5-13(11)14(19)18-7-3-6-16(9-18,10-22-2)15(20)21/h4-5,8H,3,6-7,9-10H2,1-2H3,(H,20,21). The number of ether oxygens (including phenoxy) is 1. The number of hydrogen-bond donors (Lipinski definition) is 1. The summed E-state index contributed by atoms with van der Waals surface area (Å²) in [6.07, 6.45) is 1.07. The normalized spacial score (nSPS) is 21.7. The molecule has 5 nitrogen and oxygen atoms in total.